The Labute approximate surface area is 212 Å². The Morgan fingerprint density at radius 2 is 1.66 bits per heavy atom. The molecular formula is C26H30BrF2NO5. The second-order valence-corrected chi connectivity index (χ2v) is 10.6. The molecule has 35 heavy (non-hydrogen) atoms. The van der Waals surface area contributed by atoms with Gasteiger partial charge in [-0.2, -0.15) is 0 Å². The lowest BCUT2D eigenvalue weighted by Gasteiger charge is -2.43. The first-order valence-electron chi connectivity index (χ1n) is 11.3. The number of carbonyl (C=O) groups is 2. The van der Waals surface area contributed by atoms with Gasteiger partial charge < -0.3 is 19.5 Å². The van der Waals surface area contributed by atoms with E-state index in [1.807, 2.05) is 0 Å². The number of anilines is 1. The molecule has 6 nitrogen and oxygen atoms in total. The number of carbonyl (C=O) groups excluding carboxylic acids is 2. The zero-order chi connectivity index (χ0) is 26.1. The summed E-state index contributed by atoms with van der Waals surface area (Å²) in [6, 6.07) is 3.54. The number of hydrogen-bond donors (Lipinski definition) is 1. The molecule has 0 radical (unpaired) electrons. The van der Waals surface area contributed by atoms with Crippen molar-refractivity contribution >= 4 is 33.5 Å². The Morgan fingerprint density at radius 1 is 1.06 bits per heavy atom. The van der Waals surface area contributed by atoms with Crippen molar-refractivity contribution in [3.8, 4) is 5.75 Å². The molecule has 0 aliphatic heterocycles. The van der Waals surface area contributed by atoms with Crippen LogP contribution in [0.15, 0.2) is 22.7 Å². The largest absolute Gasteiger partial charge is 0.466 e. The average Bonchev–Trinajstić information content (AvgIpc) is 2.75. The lowest BCUT2D eigenvalue weighted by molar-refractivity contribution is 0.0494. The highest BCUT2D eigenvalue weighted by atomic mass is 79.9. The van der Waals surface area contributed by atoms with Crippen molar-refractivity contribution in [3.05, 3.63) is 56.6 Å². The first-order chi connectivity index (χ1) is 16.3. The maximum Gasteiger partial charge on any atom is 0.344 e. The second kappa shape index (κ2) is 10.2. The van der Waals surface area contributed by atoms with E-state index in [1.54, 1.807) is 6.07 Å². The smallest absolute Gasteiger partial charge is 0.344 e. The third kappa shape index (κ3) is 5.35. The number of nitrogens with one attached hydrogen (secondary N) is 1. The molecule has 1 N–H and O–H groups in total. The predicted molar refractivity (Wildman–Crippen MR) is 132 cm³/mol. The number of rotatable bonds is 7. The molecule has 0 saturated carbocycles. The van der Waals surface area contributed by atoms with Gasteiger partial charge >= 0.3 is 5.97 Å². The highest BCUT2D eigenvalue weighted by molar-refractivity contribution is 9.10. The molecule has 2 aromatic rings. The summed E-state index contributed by atoms with van der Waals surface area (Å²) in [5.74, 6) is -3.73. The van der Waals surface area contributed by atoms with Crippen LogP contribution in [-0.2, 0) is 20.3 Å². The molecule has 0 bridgehead atoms. The van der Waals surface area contributed by atoms with Crippen LogP contribution in [0, 0.1) is 11.6 Å². The molecule has 0 aromatic heterocycles. The van der Waals surface area contributed by atoms with Gasteiger partial charge in [-0.05, 0) is 75.9 Å². The quantitative estimate of drug-likeness (QED) is 0.313. The summed E-state index contributed by atoms with van der Waals surface area (Å²) >= 11 is 3.66. The fourth-order valence-corrected chi connectivity index (χ4v) is 5.46. The third-order valence-corrected chi connectivity index (χ3v) is 7.10. The molecule has 9 heteroatoms. The van der Waals surface area contributed by atoms with Crippen LogP contribution in [-0.4, -0.2) is 32.4 Å². The Morgan fingerprint density at radius 3 is 2.23 bits per heavy atom. The van der Waals surface area contributed by atoms with Crippen molar-refractivity contribution in [3.63, 3.8) is 0 Å². The van der Waals surface area contributed by atoms with Gasteiger partial charge in [0.15, 0.2) is 6.79 Å². The minimum atomic E-state index is -1.14. The fraction of sp³-hybridized carbons (Fsp3) is 0.462. The zero-order valence-corrected chi connectivity index (χ0v) is 22.3. The van der Waals surface area contributed by atoms with Gasteiger partial charge in [-0.25, -0.2) is 13.6 Å². The molecule has 0 spiro atoms. The van der Waals surface area contributed by atoms with E-state index < -0.39 is 29.1 Å². The first kappa shape index (κ1) is 27.1. The molecular weight excluding hydrogens is 524 g/mol. The molecule has 0 unspecified atom stereocenters. The van der Waals surface area contributed by atoms with Gasteiger partial charge in [-0.15, -0.1) is 0 Å². The van der Waals surface area contributed by atoms with Crippen LogP contribution in [0.1, 0.15) is 79.3 Å². The predicted octanol–water partition coefficient (Wildman–Crippen LogP) is 6.49. The van der Waals surface area contributed by atoms with Gasteiger partial charge in [-0.1, -0.05) is 27.7 Å². The highest BCUT2D eigenvalue weighted by Crippen LogP contribution is 2.52. The molecule has 0 fully saturated rings. The van der Waals surface area contributed by atoms with E-state index in [2.05, 4.69) is 48.9 Å². The molecule has 3 rings (SSSR count). The Kier molecular flexibility index (Phi) is 7.91. The van der Waals surface area contributed by atoms with Crippen molar-refractivity contribution in [2.75, 3.05) is 25.8 Å². The van der Waals surface area contributed by atoms with Crippen LogP contribution < -0.4 is 10.1 Å². The molecule has 1 aliphatic carbocycles. The summed E-state index contributed by atoms with van der Waals surface area (Å²) in [7, 11) is 1.47. The number of esters is 1. The molecule has 0 heterocycles. The van der Waals surface area contributed by atoms with E-state index in [1.165, 1.54) is 14.0 Å². The number of hydrogen-bond acceptors (Lipinski definition) is 5. The molecule has 2 aromatic carbocycles. The van der Waals surface area contributed by atoms with Gasteiger partial charge in [0.2, 0.25) is 0 Å². The van der Waals surface area contributed by atoms with E-state index in [0.717, 1.165) is 36.1 Å². The van der Waals surface area contributed by atoms with Crippen LogP contribution in [0.5, 0.6) is 5.75 Å². The van der Waals surface area contributed by atoms with Gasteiger partial charge in [0.05, 0.1) is 16.6 Å². The summed E-state index contributed by atoms with van der Waals surface area (Å²) in [6.45, 7) is 9.92. The van der Waals surface area contributed by atoms with Gasteiger partial charge in [0, 0.05) is 12.8 Å². The average molecular weight is 554 g/mol. The van der Waals surface area contributed by atoms with Gasteiger partial charge in [0.25, 0.3) is 5.91 Å². The van der Waals surface area contributed by atoms with Crippen molar-refractivity contribution in [2.45, 2.75) is 58.3 Å². The van der Waals surface area contributed by atoms with E-state index >= 15 is 0 Å². The van der Waals surface area contributed by atoms with E-state index in [-0.39, 0.29) is 41.2 Å². The Balaban J connectivity index is 2.08. The number of methoxy groups -OCH3 is 1. The van der Waals surface area contributed by atoms with E-state index in [0.29, 0.717) is 4.47 Å². The van der Waals surface area contributed by atoms with Crippen LogP contribution in [0.4, 0.5) is 14.5 Å². The van der Waals surface area contributed by atoms with Gasteiger partial charge in [0.1, 0.15) is 22.9 Å². The van der Waals surface area contributed by atoms with Crippen LogP contribution in [0.2, 0.25) is 0 Å². The molecule has 190 valence electrons. The standard InChI is InChI=1S/C26H30BrF2NO5/c1-7-34-24(32)19-17(28)10-14(11-18(19)29)30-23(31)15-12-16-20(21(27)22(15)35-13-33-6)26(4,5)9-8-25(16,2)3/h10-12H,7-9,13H2,1-6H3,(H,30,31). The van der Waals surface area contributed by atoms with E-state index in [4.69, 9.17) is 14.2 Å². The Bertz CT molecular complexity index is 1140. The number of ether oxygens (including phenoxy) is 3. The molecule has 0 saturated heterocycles. The summed E-state index contributed by atoms with van der Waals surface area (Å²) in [6.07, 6.45) is 1.87. The van der Waals surface area contributed by atoms with Crippen molar-refractivity contribution in [1.82, 2.24) is 0 Å². The van der Waals surface area contributed by atoms with Crippen molar-refractivity contribution < 1.29 is 32.6 Å². The molecule has 0 atom stereocenters. The monoisotopic (exact) mass is 553 g/mol. The first-order valence-corrected chi connectivity index (χ1v) is 12.1. The topological polar surface area (TPSA) is 73.9 Å². The van der Waals surface area contributed by atoms with Crippen LogP contribution in [0.25, 0.3) is 0 Å². The number of fused-ring (bicyclic) bond motifs is 1. The SMILES string of the molecule is CCOC(=O)c1c(F)cc(NC(=O)c2cc3c(c(Br)c2OCOC)C(C)(C)CCC3(C)C)cc1F. The minimum Gasteiger partial charge on any atom is -0.466 e. The summed E-state index contributed by atoms with van der Waals surface area (Å²) in [4.78, 5) is 25.2. The zero-order valence-electron chi connectivity index (χ0n) is 20.7. The number of amides is 1. The van der Waals surface area contributed by atoms with Crippen LogP contribution in [0.3, 0.4) is 0 Å². The maximum absolute atomic E-state index is 14.5. The minimum absolute atomic E-state index is 0.0270. The third-order valence-electron chi connectivity index (χ3n) is 6.35. The summed E-state index contributed by atoms with van der Waals surface area (Å²) < 4.78 is 45.2. The Hall–Kier alpha value is -2.52. The fourth-order valence-electron chi connectivity index (χ4n) is 4.38. The second-order valence-electron chi connectivity index (χ2n) is 9.80. The molecule has 1 aliphatic rings. The lowest BCUT2D eigenvalue weighted by Crippen LogP contribution is -2.35. The summed E-state index contributed by atoms with van der Waals surface area (Å²) in [5, 5.41) is 2.52. The normalized spacial score (nSPS) is 15.8. The highest BCUT2D eigenvalue weighted by Gasteiger charge is 2.41. The van der Waals surface area contributed by atoms with Crippen LogP contribution >= 0.6 is 15.9 Å². The summed E-state index contributed by atoms with van der Waals surface area (Å²) in [5.41, 5.74) is 0.894. The maximum atomic E-state index is 14.5. The number of benzene rings is 2. The lowest BCUT2D eigenvalue weighted by atomic mass is 9.63. The van der Waals surface area contributed by atoms with Crippen molar-refractivity contribution in [1.29, 1.82) is 0 Å². The number of halogens is 3. The van der Waals surface area contributed by atoms with Gasteiger partial charge in [-0.3, -0.25) is 4.79 Å². The van der Waals surface area contributed by atoms with Crippen molar-refractivity contribution in [2.24, 2.45) is 0 Å². The molecule has 1 amide bonds. The van der Waals surface area contributed by atoms with E-state index in [9.17, 15) is 18.4 Å².